The van der Waals surface area contributed by atoms with Crippen LogP contribution in [0.2, 0.25) is 5.02 Å². The predicted molar refractivity (Wildman–Crippen MR) is 122 cm³/mol. The lowest BCUT2D eigenvalue weighted by atomic mass is 10.0. The summed E-state index contributed by atoms with van der Waals surface area (Å²) in [5.74, 6) is -0.145. The minimum absolute atomic E-state index is 0.0531. The number of hydrogen-bond acceptors (Lipinski definition) is 3. The fourth-order valence-electron chi connectivity index (χ4n) is 4.24. The Hall–Kier alpha value is -2.76. The number of nitrogens with zero attached hydrogens (tertiary/aromatic N) is 2. The number of halogens is 1. The van der Waals surface area contributed by atoms with Crippen LogP contribution >= 0.6 is 23.4 Å². The van der Waals surface area contributed by atoms with Gasteiger partial charge in [-0.15, -0.1) is 11.8 Å². The van der Waals surface area contributed by atoms with Crippen molar-refractivity contribution in [2.45, 2.75) is 23.6 Å². The number of fused-ring (bicyclic) bond motifs is 2. The normalized spacial score (nSPS) is 22.8. The highest BCUT2D eigenvalue weighted by molar-refractivity contribution is 8.03. The molecule has 1 spiro atoms. The minimum Gasteiger partial charge on any atom is -0.304 e. The summed E-state index contributed by atoms with van der Waals surface area (Å²) in [6.45, 7) is 2.29. The summed E-state index contributed by atoms with van der Waals surface area (Å²) in [6, 6.07) is 24.7. The number of carbonyl (C=O) groups excluding carboxylic acids is 2. The second-order valence-electron chi connectivity index (χ2n) is 7.45. The smallest absolute Gasteiger partial charge is 0.269 e. The molecule has 1 fully saturated rings. The van der Waals surface area contributed by atoms with E-state index in [2.05, 4.69) is 0 Å². The molecule has 30 heavy (non-hydrogen) atoms. The molecule has 3 aromatic carbocycles. The molecule has 0 aromatic heterocycles. The molecule has 0 N–H and O–H groups in total. The molecule has 2 unspecified atom stereocenters. The third-order valence-electron chi connectivity index (χ3n) is 5.59. The van der Waals surface area contributed by atoms with Gasteiger partial charge in [-0.25, -0.2) is 0 Å². The molecule has 4 nitrogen and oxygen atoms in total. The maximum atomic E-state index is 14.0. The Balaban J connectivity index is 1.65. The number of amides is 2. The van der Waals surface area contributed by atoms with Gasteiger partial charge in [-0.1, -0.05) is 60.1 Å². The maximum absolute atomic E-state index is 14.0. The first-order valence-electron chi connectivity index (χ1n) is 9.75. The SMILES string of the molecule is CC1SC2(C(=O)N(Cc3ccc(Cl)cc3)c3ccccc32)N(c2ccccc2)C1=O. The highest BCUT2D eigenvalue weighted by Gasteiger charge is 2.63. The lowest BCUT2D eigenvalue weighted by Crippen LogP contribution is -2.49. The van der Waals surface area contributed by atoms with Gasteiger partial charge < -0.3 is 4.90 Å². The fourth-order valence-corrected chi connectivity index (χ4v) is 5.90. The third-order valence-corrected chi connectivity index (χ3v) is 7.32. The summed E-state index contributed by atoms with van der Waals surface area (Å²) in [5, 5.41) is 0.335. The van der Waals surface area contributed by atoms with Crippen molar-refractivity contribution in [2.75, 3.05) is 9.80 Å². The first-order chi connectivity index (χ1) is 14.5. The maximum Gasteiger partial charge on any atom is 0.269 e. The number of para-hydroxylation sites is 2. The number of anilines is 2. The Morgan fingerprint density at radius 3 is 2.33 bits per heavy atom. The average Bonchev–Trinajstić information content (AvgIpc) is 3.16. The largest absolute Gasteiger partial charge is 0.304 e. The van der Waals surface area contributed by atoms with Crippen molar-refractivity contribution in [1.82, 2.24) is 0 Å². The van der Waals surface area contributed by atoms with Gasteiger partial charge in [0.1, 0.15) is 0 Å². The van der Waals surface area contributed by atoms with Gasteiger partial charge in [0.25, 0.3) is 5.91 Å². The Labute approximate surface area is 184 Å². The van der Waals surface area contributed by atoms with Crippen LogP contribution in [0.3, 0.4) is 0 Å². The lowest BCUT2D eigenvalue weighted by molar-refractivity contribution is -0.124. The molecular formula is C24H19ClN2O2S. The van der Waals surface area contributed by atoms with Crippen LogP contribution in [0.4, 0.5) is 11.4 Å². The van der Waals surface area contributed by atoms with Gasteiger partial charge in [-0.05, 0) is 42.8 Å². The zero-order valence-corrected chi connectivity index (χ0v) is 17.9. The molecule has 150 valence electrons. The monoisotopic (exact) mass is 434 g/mol. The molecule has 0 aliphatic carbocycles. The van der Waals surface area contributed by atoms with Crippen molar-refractivity contribution in [3.05, 3.63) is 95.0 Å². The highest BCUT2D eigenvalue weighted by atomic mass is 35.5. The summed E-state index contributed by atoms with van der Waals surface area (Å²) >= 11 is 7.45. The Morgan fingerprint density at radius 2 is 1.60 bits per heavy atom. The molecule has 2 aliphatic rings. The third kappa shape index (κ3) is 2.76. The molecule has 2 heterocycles. The molecule has 2 aliphatic heterocycles. The van der Waals surface area contributed by atoms with E-state index in [1.807, 2.05) is 85.8 Å². The average molecular weight is 435 g/mol. The highest BCUT2D eigenvalue weighted by Crippen LogP contribution is 2.57. The van der Waals surface area contributed by atoms with Gasteiger partial charge >= 0.3 is 0 Å². The molecule has 0 bridgehead atoms. The molecule has 5 rings (SSSR count). The molecular weight excluding hydrogens is 416 g/mol. The van der Waals surface area contributed by atoms with Crippen molar-refractivity contribution >= 4 is 46.6 Å². The predicted octanol–water partition coefficient (Wildman–Crippen LogP) is 5.21. The van der Waals surface area contributed by atoms with E-state index in [9.17, 15) is 9.59 Å². The lowest BCUT2D eigenvalue weighted by Gasteiger charge is -2.33. The van der Waals surface area contributed by atoms with Crippen LogP contribution in [0.1, 0.15) is 18.1 Å². The topological polar surface area (TPSA) is 40.6 Å². The quantitative estimate of drug-likeness (QED) is 0.568. The summed E-state index contributed by atoms with van der Waals surface area (Å²) < 4.78 is 0. The first kappa shape index (κ1) is 19.2. The Morgan fingerprint density at radius 1 is 0.933 bits per heavy atom. The Bertz CT molecular complexity index is 1140. The van der Waals surface area contributed by atoms with Crippen molar-refractivity contribution < 1.29 is 9.59 Å². The summed E-state index contributed by atoms with van der Waals surface area (Å²) in [6.07, 6.45) is 0. The standard InChI is InChI=1S/C24H19ClN2O2S/c1-16-22(28)27(19-7-3-2-4-8-19)24(30-16)20-9-5-6-10-21(20)26(23(24)29)15-17-11-13-18(25)14-12-17/h2-14,16H,15H2,1H3. The van der Waals surface area contributed by atoms with E-state index in [4.69, 9.17) is 11.6 Å². The molecule has 0 radical (unpaired) electrons. The molecule has 0 saturated carbocycles. The van der Waals surface area contributed by atoms with E-state index >= 15 is 0 Å². The number of benzene rings is 3. The molecule has 1 saturated heterocycles. The van der Waals surface area contributed by atoms with Gasteiger partial charge in [0, 0.05) is 16.3 Å². The van der Waals surface area contributed by atoms with Gasteiger partial charge in [-0.3, -0.25) is 14.5 Å². The van der Waals surface area contributed by atoms with Crippen LogP contribution in [-0.2, 0) is 21.0 Å². The van der Waals surface area contributed by atoms with Crippen molar-refractivity contribution in [1.29, 1.82) is 0 Å². The second-order valence-corrected chi connectivity index (χ2v) is 9.42. The summed E-state index contributed by atoms with van der Waals surface area (Å²) in [5.41, 5.74) is 3.41. The van der Waals surface area contributed by atoms with E-state index in [1.54, 1.807) is 9.80 Å². The van der Waals surface area contributed by atoms with E-state index in [-0.39, 0.29) is 17.1 Å². The zero-order chi connectivity index (χ0) is 20.9. The fraction of sp³-hybridized carbons (Fsp3) is 0.167. The molecule has 6 heteroatoms. The van der Waals surface area contributed by atoms with Crippen LogP contribution in [0.25, 0.3) is 0 Å². The number of rotatable bonds is 3. The van der Waals surface area contributed by atoms with Crippen LogP contribution in [0.15, 0.2) is 78.9 Å². The minimum atomic E-state index is -1.10. The number of hydrogen-bond donors (Lipinski definition) is 0. The zero-order valence-electron chi connectivity index (χ0n) is 16.3. The van der Waals surface area contributed by atoms with Crippen LogP contribution < -0.4 is 9.80 Å². The second kappa shape index (κ2) is 7.18. The van der Waals surface area contributed by atoms with Gasteiger partial charge in [-0.2, -0.15) is 0 Å². The van der Waals surface area contributed by atoms with E-state index in [1.165, 1.54) is 11.8 Å². The summed E-state index contributed by atoms with van der Waals surface area (Å²) in [7, 11) is 0. The van der Waals surface area contributed by atoms with Gasteiger partial charge in [0.05, 0.1) is 17.5 Å². The van der Waals surface area contributed by atoms with Crippen LogP contribution in [0, 0.1) is 0 Å². The molecule has 3 aromatic rings. The Kier molecular flexibility index (Phi) is 4.60. The van der Waals surface area contributed by atoms with Gasteiger partial charge in [0.2, 0.25) is 10.8 Å². The molecule has 2 atom stereocenters. The van der Waals surface area contributed by atoms with Crippen LogP contribution in [0.5, 0.6) is 0 Å². The van der Waals surface area contributed by atoms with E-state index in [0.717, 1.165) is 22.5 Å². The van der Waals surface area contributed by atoms with Crippen LogP contribution in [-0.4, -0.2) is 17.1 Å². The van der Waals surface area contributed by atoms with E-state index in [0.29, 0.717) is 11.6 Å². The van der Waals surface area contributed by atoms with Crippen molar-refractivity contribution in [3.63, 3.8) is 0 Å². The summed E-state index contributed by atoms with van der Waals surface area (Å²) in [4.78, 5) is 29.6. The number of thioether (sulfide) groups is 1. The number of carbonyl (C=O) groups is 2. The molecule has 2 amide bonds. The van der Waals surface area contributed by atoms with Gasteiger partial charge in [0.15, 0.2) is 0 Å². The van der Waals surface area contributed by atoms with Crippen molar-refractivity contribution in [2.24, 2.45) is 0 Å². The van der Waals surface area contributed by atoms with E-state index < -0.39 is 4.87 Å². The van der Waals surface area contributed by atoms with Crippen molar-refractivity contribution in [3.8, 4) is 0 Å². The first-order valence-corrected chi connectivity index (χ1v) is 11.0.